The van der Waals surface area contributed by atoms with Crippen LogP contribution in [0.3, 0.4) is 0 Å². The molecule has 1 heterocycles. The molecule has 3 N–H and O–H groups in total. The molecule has 1 aromatic heterocycles. The Balaban J connectivity index is 1.91. The van der Waals surface area contributed by atoms with Crippen LogP contribution in [-0.2, 0) is 0 Å². The third-order valence-electron chi connectivity index (χ3n) is 2.61. The van der Waals surface area contributed by atoms with Crippen molar-refractivity contribution in [3.05, 3.63) is 18.3 Å². The van der Waals surface area contributed by atoms with E-state index in [1.807, 2.05) is 12.1 Å². The highest BCUT2D eigenvalue weighted by Crippen LogP contribution is 2.34. The zero-order valence-corrected chi connectivity index (χ0v) is 8.53. The number of nitrogens with two attached hydrogens (primary N) is 1. The summed E-state index contributed by atoms with van der Waals surface area (Å²) < 4.78 is 0. The van der Waals surface area contributed by atoms with Gasteiger partial charge in [0.05, 0.1) is 5.69 Å². The molecule has 1 fully saturated rings. The first-order valence-corrected chi connectivity index (χ1v) is 5.22. The van der Waals surface area contributed by atoms with Crippen LogP contribution in [0.1, 0.15) is 26.2 Å². The van der Waals surface area contributed by atoms with E-state index in [4.69, 9.17) is 5.73 Å². The average molecular weight is 191 g/mol. The standard InChI is InChI=1S/C11H17N3/c1-8(7-9-4-5-9)14-11-10(12)3-2-6-13-11/h2-3,6,8-9H,4-5,7,12H2,1H3,(H,13,14). The van der Waals surface area contributed by atoms with Crippen molar-refractivity contribution in [1.29, 1.82) is 0 Å². The predicted octanol–water partition coefficient (Wildman–Crippen LogP) is 2.26. The number of rotatable bonds is 4. The summed E-state index contributed by atoms with van der Waals surface area (Å²) in [5.41, 5.74) is 6.52. The molecular formula is C11H17N3. The molecule has 1 aromatic rings. The second-order valence-electron chi connectivity index (χ2n) is 4.17. The highest BCUT2D eigenvalue weighted by molar-refractivity contribution is 5.60. The molecular weight excluding hydrogens is 174 g/mol. The van der Waals surface area contributed by atoms with Gasteiger partial charge in [-0.25, -0.2) is 4.98 Å². The molecule has 1 atom stereocenters. The molecule has 1 aliphatic rings. The number of hydrogen-bond donors (Lipinski definition) is 2. The fraction of sp³-hybridized carbons (Fsp3) is 0.545. The van der Waals surface area contributed by atoms with E-state index < -0.39 is 0 Å². The number of aromatic nitrogens is 1. The van der Waals surface area contributed by atoms with Gasteiger partial charge in [-0.15, -0.1) is 0 Å². The van der Waals surface area contributed by atoms with E-state index in [1.54, 1.807) is 6.20 Å². The Hall–Kier alpha value is -1.25. The number of nitrogens with zero attached hydrogens (tertiary/aromatic N) is 1. The Labute approximate surface area is 84.7 Å². The topological polar surface area (TPSA) is 50.9 Å². The molecule has 3 heteroatoms. The summed E-state index contributed by atoms with van der Waals surface area (Å²) in [4.78, 5) is 4.21. The highest BCUT2D eigenvalue weighted by Gasteiger charge is 2.23. The Morgan fingerprint density at radius 1 is 1.64 bits per heavy atom. The van der Waals surface area contributed by atoms with Gasteiger partial charge in [0.2, 0.25) is 0 Å². The van der Waals surface area contributed by atoms with E-state index >= 15 is 0 Å². The maximum atomic E-state index is 5.79. The first-order chi connectivity index (χ1) is 6.75. The quantitative estimate of drug-likeness (QED) is 0.767. The number of nitrogens with one attached hydrogen (secondary N) is 1. The highest BCUT2D eigenvalue weighted by atomic mass is 15.0. The van der Waals surface area contributed by atoms with E-state index in [9.17, 15) is 0 Å². The van der Waals surface area contributed by atoms with E-state index in [1.165, 1.54) is 19.3 Å². The minimum Gasteiger partial charge on any atom is -0.396 e. The summed E-state index contributed by atoms with van der Waals surface area (Å²) in [6.45, 7) is 2.19. The van der Waals surface area contributed by atoms with Crippen molar-refractivity contribution < 1.29 is 0 Å². The fourth-order valence-electron chi connectivity index (χ4n) is 1.68. The van der Waals surface area contributed by atoms with Crippen LogP contribution in [-0.4, -0.2) is 11.0 Å². The van der Waals surface area contributed by atoms with Crippen LogP contribution in [0, 0.1) is 5.92 Å². The summed E-state index contributed by atoms with van der Waals surface area (Å²) in [6.07, 6.45) is 5.78. The molecule has 1 saturated carbocycles. The summed E-state index contributed by atoms with van der Waals surface area (Å²) in [5, 5.41) is 3.35. The van der Waals surface area contributed by atoms with Gasteiger partial charge in [-0.2, -0.15) is 0 Å². The van der Waals surface area contributed by atoms with Crippen LogP contribution in [0.2, 0.25) is 0 Å². The monoisotopic (exact) mass is 191 g/mol. The van der Waals surface area contributed by atoms with Gasteiger partial charge in [-0.1, -0.05) is 12.8 Å². The van der Waals surface area contributed by atoms with Gasteiger partial charge < -0.3 is 11.1 Å². The van der Waals surface area contributed by atoms with E-state index in [0.29, 0.717) is 6.04 Å². The van der Waals surface area contributed by atoms with Crippen LogP contribution < -0.4 is 11.1 Å². The lowest BCUT2D eigenvalue weighted by Crippen LogP contribution is -2.17. The molecule has 0 amide bonds. The third kappa shape index (κ3) is 2.37. The first kappa shape index (κ1) is 9.31. The van der Waals surface area contributed by atoms with Crippen molar-refractivity contribution in [2.75, 3.05) is 11.1 Å². The molecule has 3 nitrogen and oxygen atoms in total. The average Bonchev–Trinajstić information content (AvgIpc) is 2.93. The molecule has 76 valence electrons. The number of hydrogen-bond acceptors (Lipinski definition) is 3. The molecule has 0 aliphatic heterocycles. The summed E-state index contributed by atoms with van der Waals surface area (Å²) in [6, 6.07) is 4.20. The van der Waals surface area contributed by atoms with Crippen molar-refractivity contribution >= 4 is 11.5 Å². The van der Waals surface area contributed by atoms with Crippen molar-refractivity contribution in [1.82, 2.24) is 4.98 Å². The maximum absolute atomic E-state index is 5.79. The van der Waals surface area contributed by atoms with Crippen molar-refractivity contribution in [3.63, 3.8) is 0 Å². The molecule has 0 bridgehead atoms. The molecule has 0 spiro atoms. The van der Waals surface area contributed by atoms with Crippen LogP contribution in [0.15, 0.2) is 18.3 Å². The fourth-order valence-corrected chi connectivity index (χ4v) is 1.68. The normalized spacial score (nSPS) is 17.8. The van der Waals surface area contributed by atoms with Gasteiger partial charge in [0.25, 0.3) is 0 Å². The molecule has 1 unspecified atom stereocenters. The van der Waals surface area contributed by atoms with Crippen LogP contribution in [0.4, 0.5) is 11.5 Å². The van der Waals surface area contributed by atoms with Gasteiger partial charge in [0.15, 0.2) is 0 Å². The zero-order valence-electron chi connectivity index (χ0n) is 8.53. The number of nitrogen functional groups attached to an aromatic ring is 1. The van der Waals surface area contributed by atoms with Gasteiger partial charge in [0, 0.05) is 12.2 Å². The summed E-state index contributed by atoms with van der Waals surface area (Å²) in [7, 11) is 0. The number of anilines is 2. The van der Waals surface area contributed by atoms with Gasteiger partial charge in [-0.05, 0) is 31.4 Å². The lowest BCUT2D eigenvalue weighted by molar-refractivity contribution is 0.640. The minimum absolute atomic E-state index is 0.472. The zero-order chi connectivity index (χ0) is 9.97. The predicted molar refractivity (Wildman–Crippen MR) is 59.1 cm³/mol. The van der Waals surface area contributed by atoms with Crippen LogP contribution in [0.25, 0.3) is 0 Å². The van der Waals surface area contributed by atoms with Crippen molar-refractivity contribution in [3.8, 4) is 0 Å². The smallest absolute Gasteiger partial charge is 0.149 e. The summed E-state index contributed by atoms with van der Waals surface area (Å²) >= 11 is 0. The third-order valence-corrected chi connectivity index (χ3v) is 2.61. The summed E-state index contributed by atoms with van der Waals surface area (Å²) in [5.74, 6) is 1.75. The van der Waals surface area contributed by atoms with Crippen molar-refractivity contribution in [2.45, 2.75) is 32.2 Å². The Bertz CT molecular complexity index is 307. The van der Waals surface area contributed by atoms with E-state index in [2.05, 4.69) is 17.2 Å². The SMILES string of the molecule is CC(CC1CC1)Nc1ncccc1N. The van der Waals surface area contributed by atoms with Crippen LogP contribution >= 0.6 is 0 Å². The van der Waals surface area contributed by atoms with Gasteiger partial charge in [-0.3, -0.25) is 0 Å². The first-order valence-electron chi connectivity index (χ1n) is 5.22. The van der Waals surface area contributed by atoms with Gasteiger partial charge in [0.1, 0.15) is 5.82 Å². The second kappa shape index (κ2) is 3.86. The molecule has 1 aliphatic carbocycles. The molecule has 0 aromatic carbocycles. The lowest BCUT2D eigenvalue weighted by atomic mass is 10.1. The lowest BCUT2D eigenvalue weighted by Gasteiger charge is -2.14. The molecule has 0 saturated heterocycles. The van der Waals surface area contributed by atoms with E-state index in [0.717, 1.165) is 17.4 Å². The second-order valence-corrected chi connectivity index (χ2v) is 4.17. The number of pyridine rings is 1. The Morgan fingerprint density at radius 3 is 3.07 bits per heavy atom. The molecule has 2 rings (SSSR count). The van der Waals surface area contributed by atoms with Gasteiger partial charge >= 0.3 is 0 Å². The Morgan fingerprint density at radius 2 is 2.43 bits per heavy atom. The Kier molecular flexibility index (Phi) is 2.57. The van der Waals surface area contributed by atoms with E-state index in [-0.39, 0.29) is 0 Å². The maximum Gasteiger partial charge on any atom is 0.149 e. The van der Waals surface area contributed by atoms with Crippen molar-refractivity contribution in [2.24, 2.45) is 5.92 Å². The largest absolute Gasteiger partial charge is 0.396 e. The molecule has 0 radical (unpaired) electrons. The molecule has 14 heavy (non-hydrogen) atoms. The van der Waals surface area contributed by atoms with Crippen LogP contribution in [0.5, 0.6) is 0 Å². The minimum atomic E-state index is 0.472.